The maximum absolute atomic E-state index is 12.1. The first-order valence-corrected chi connectivity index (χ1v) is 9.56. The highest BCUT2D eigenvalue weighted by Crippen LogP contribution is 2.32. The van der Waals surface area contributed by atoms with Crippen molar-refractivity contribution in [3.63, 3.8) is 0 Å². The summed E-state index contributed by atoms with van der Waals surface area (Å²) in [4.78, 5) is 14.5. The highest BCUT2D eigenvalue weighted by atomic mass is 16.7. The zero-order valence-electron chi connectivity index (χ0n) is 15.4. The van der Waals surface area contributed by atoms with Gasteiger partial charge in [0.2, 0.25) is 6.79 Å². The molecule has 2 aliphatic heterocycles. The van der Waals surface area contributed by atoms with Crippen molar-refractivity contribution in [3.8, 4) is 11.5 Å². The van der Waals surface area contributed by atoms with Gasteiger partial charge in [-0.05, 0) is 67.6 Å². The van der Waals surface area contributed by atoms with Gasteiger partial charge in [0.15, 0.2) is 11.5 Å². The van der Waals surface area contributed by atoms with Crippen LogP contribution in [-0.4, -0.2) is 32.5 Å². The summed E-state index contributed by atoms with van der Waals surface area (Å²) in [6, 6.07) is 13.7. The second kappa shape index (κ2) is 8.20. The molecule has 0 saturated carbocycles. The van der Waals surface area contributed by atoms with Crippen LogP contribution in [0.3, 0.4) is 0 Å². The van der Waals surface area contributed by atoms with Gasteiger partial charge in [0.05, 0.1) is 0 Å². The Balaban J connectivity index is 1.23. The van der Waals surface area contributed by atoms with Gasteiger partial charge in [-0.2, -0.15) is 0 Å². The largest absolute Gasteiger partial charge is 0.454 e. The minimum atomic E-state index is -0.193. The molecule has 0 aromatic heterocycles. The predicted octanol–water partition coefficient (Wildman–Crippen LogP) is 3.77. The van der Waals surface area contributed by atoms with Crippen molar-refractivity contribution < 1.29 is 14.3 Å². The molecule has 0 radical (unpaired) electrons. The lowest BCUT2D eigenvalue weighted by atomic mass is 10.1. The van der Waals surface area contributed by atoms with Crippen molar-refractivity contribution in [1.29, 1.82) is 0 Å². The molecule has 6 nitrogen and oxygen atoms in total. The number of carbonyl (C=O) groups is 1. The number of carbonyl (C=O) groups excluding carboxylic acids is 1. The normalized spacial score (nSPS) is 15.5. The van der Waals surface area contributed by atoms with Gasteiger partial charge in [-0.3, -0.25) is 0 Å². The number of benzene rings is 2. The second-order valence-electron chi connectivity index (χ2n) is 6.91. The van der Waals surface area contributed by atoms with Crippen LogP contribution in [0.25, 0.3) is 0 Å². The molecule has 0 bridgehead atoms. The molecule has 0 unspecified atom stereocenters. The van der Waals surface area contributed by atoms with Crippen LogP contribution in [0.5, 0.6) is 11.5 Å². The Kier molecular flexibility index (Phi) is 5.32. The highest BCUT2D eigenvalue weighted by molar-refractivity contribution is 5.89. The van der Waals surface area contributed by atoms with Crippen molar-refractivity contribution in [2.75, 3.05) is 36.6 Å². The Morgan fingerprint density at radius 1 is 0.963 bits per heavy atom. The summed E-state index contributed by atoms with van der Waals surface area (Å²) >= 11 is 0. The van der Waals surface area contributed by atoms with Crippen LogP contribution in [0.1, 0.15) is 24.8 Å². The van der Waals surface area contributed by atoms with Gasteiger partial charge in [0, 0.05) is 31.0 Å². The van der Waals surface area contributed by atoms with Crippen LogP contribution in [-0.2, 0) is 6.42 Å². The number of rotatable bonds is 5. The van der Waals surface area contributed by atoms with Crippen molar-refractivity contribution >= 4 is 17.4 Å². The zero-order chi connectivity index (χ0) is 18.5. The maximum atomic E-state index is 12.1. The van der Waals surface area contributed by atoms with Crippen molar-refractivity contribution in [2.24, 2.45) is 0 Å². The molecule has 2 aromatic carbocycles. The van der Waals surface area contributed by atoms with Crippen LogP contribution in [0.4, 0.5) is 16.2 Å². The Labute approximate surface area is 159 Å². The van der Waals surface area contributed by atoms with E-state index in [9.17, 15) is 4.79 Å². The fraction of sp³-hybridized carbons (Fsp3) is 0.381. The van der Waals surface area contributed by atoms with Gasteiger partial charge in [0.25, 0.3) is 0 Å². The lowest BCUT2D eigenvalue weighted by molar-refractivity contribution is 0.174. The molecule has 6 heteroatoms. The number of ether oxygens (including phenoxy) is 2. The third-order valence-corrected chi connectivity index (χ3v) is 4.98. The van der Waals surface area contributed by atoms with E-state index in [-0.39, 0.29) is 12.8 Å². The third kappa shape index (κ3) is 4.45. The van der Waals surface area contributed by atoms with E-state index < -0.39 is 0 Å². The van der Waals surface area contributed by atoms with E-state index in [1.54, 1.807) is 0 Å². The molecule has 2 N–H and O–H groups in total. The summed E-state index contributed by atoms with van der Waals surface area (Å²) in [5, 5.41) is 5.78. The van der Waals surface area contributed by atoms with Crippen molar-refractivity contribution in [3.05, 3.63) is 48.0 Å². The molecule has 1 saturated heterocycles. The van der Waals surface area contributed by atoms with E-state index in [1.165, 1.54) is 24.9 Å². The smallest absolute Gasteiger partial charge is 0.319 e. The number of hydrogen-bond donors (Lipinski definition) is 2. The van der Waals surface area contributed by atoms with Crippen LogP contribution in [0.2, 0.25) is 0 Å². The Morgan fingerprint density at radius 3 is 2.56 bits per heavy atom. The second-order valence-corrected chi connectivity index (χ2v) is 6.91. The number of fused-ring (bicyclic) bond motifs is 1. The fourth-order valence-electron chi connectivity index (χ4n) is 3.50. The van der Waals surface area contributed by atoms with Crippen LogP contribution in [0.15, 0.2) is 42.5 Å². The quantitative estimate of drug-likeness (QED) is 0.844. The van der Waals surface area contributed by atoms with E-state index in [2.05, 4.69) is 27.7 Å². The monoisotopic (exact) mass is 367 g/mol. The number of hydrogen-bond acceptors (Lipinski definition) is 4. The summed E-state index contributed by atoms with van der Waals surface area (Å²) in [5.74, 6) is 1.54. The van der Waals surface area contributed by atoms with Crippen molar-refractivity contribution in [1.82, 2.24) is 5.32 Å². The fourth-order valence-corrected chi connectivity index (χ4v) is 3.50. The molecule has 2 heterocycles. The van der Waals surface area contributed by atoms with Gasteiger partial charge >= 0.3 is 6.03 Å². The van der Waals surface area contributed by atoms with E-state index in [1.807, 2.05) is 30.3 Å². The average molecular weight is 367 g/mol. The van der Waals surface area contributed by atoms with Gasteiger partial charge in [0.1, 0.15) is 0 Å². The topological polar surface area (TPSA) is 62.8 Å². The minimum Gasteiger partial charge on any atom is -0.454 e. The van der Waals surface area contributed by atoms with E-state index in [0.717, 1.165) is 42.3 Å². The SMILES string of the molecule is O=C(NCCc1ccc2c(c1)OCO2)Nc1ccc(N2CCCCC2)cc1. The molecule has 0 aliphatic carbocycles. The highest BCUT2D eigenvalue weighted by Gasteiger charge is 2.13. The molecule has 0 atom stereocenters. The summed E-state index contributed by atoms with van der Waals surface area (Å²) in [5.41, 5.74) is 3.13. The lowest BCUT2D eigenvalue weighted by Gasteiger charge is -2.28. The molecular formula is C21H25N3O3. The number of nitrogens with zero attached hydrogens (tertiary/aromatic N) is 1. The molecular weight excluding hydrogens is 342 g/mol. The van der Waals surface area contributed by atoms with Crippen molar-refractivity contribution in [2.45, 2.75) is 25.7 Å². The number of piperidine rings is 1. The average Bonchev–Trinajstić information content (AvgIpc) is 3.17. The number of urea groups is 1. The first kappa shape index (κ1) is 17.5. The molecule has 27 heavy (non-hydrogen) atoms. The number of anilines is 2. The zero-order valence-corrected chi connectivity index (χ0v) is 15.4. The van der Waals surface area contributed by atoms with Gasteiger partial charge in [-0.15, -0.1) is 0 Å². The maximum Gasteiger partial charge on any atom is 0.319 e. The Hall–Kier alpha value is -2.89. The lowest BCUT2D eigenvalue weighted by Crippen LogP contribution is -2.30. The molecule has 2 aromatic rings. The summed E-state index contributed by atoms with van der Waals surface area (Å²) in [6.07, 6.45) is 4.57. The molecule has 1 fully saturated rings. The molecule has 2 amide bonds. The summed E-state index contributed by atoms with van der Waals surface area (Å²) in [6.45, 7) is 3.06. The van der Waals surface area contributed by atoms with E-state index >= 15 is 0 Å². The summed E-state index contributed by atoms with van der Waals surface area (Å²) < 4.78 is 10.7. The van der Waals surface area contributed by atoms with Gasteiger partial charge in [-0.25, -0.2) is 4.79 Å². The minimum absolute atomic E-state index is 0.193. The Bertz CT molecular complexity index is 786. The van der Waals surface area contributed by atoms with Crippen LogP contribution >= 0.6 is 0 Å². The van der Waals surface area contributed by atoms with Crippen LogP contribution < -0.4 is 25.0 Å². The number of nitrogens with one attached hydrogen (secondary N) is 2. The number of amides is 2. The summed E-state index contributed by atoms with van der Waals surface area (Å²) in [7, 11) is 0. The standard InChI is InChI=1S/C21H25N3O3/c25-21(22-11-10-16-4-9-19-20(14-16)27-15-26-19)23-17-5-7-18(8-6-17)24-12-2-1-3-13-24/h4-9,14H,1-3,10-13,15H2,(H2,22,23,25). The van der Waals surface area contributed by atoms with E-state index in [4.69, 9.17) is 9.47 Å². The molecule has 2 aliphatic rings. The Morgan fingerprint density at radius 2 is 1.74 bits per heavy atom. The van der Waals surface area contributed by atoms with Crippen LogP contribution in [0, 0.1) is 0 Å². The third-order valence-electron chi connectivity index (χ3n) is 4.98. The predicted molar refractivity (Wildman–Crippen MR) is 106 cm³/mol. The molecule has 142 valence electrons. The van der Waals surface area contributed by atoms with Gasteiger partial charge < -0.3 is 25.0 Å². The van der Waals surface area contributed by atoms with Gasteiger partial charge in [-0.1, -0.05) is 6.07 Å². The first-order valence-electron chi connectivity index (χ1n) is 9.56. The first-order chi connectivity index (χ1) is 13.3. The van der Waals surface area contributed by atoms with E-state index in [0.29, 0.717) is 6.54 Å². The molecule has 4 rings (SSSR count). The molecule has 0 spiro atoms.